The molecular formula is C36H42ClF3N2O2. The van der Waals surface area contributed by atoms with Gasteiger partial charge < -0.3 is 20.9 Å². The summed E-state index contributed by atoms with van der Waals surface area (Å²) in [5, 5.41) is 0.407. The zero-order valence-electron chi connectivity index (χ0n) is 25.0. The van der Waals surface area contributed by atoms with Crippen molar-refractivity contribution in [2.45, 2.75) is 82.4 Å². The summed E-state index contributed by atoms with van der Waals surface area (Å²) in [7, 11) is 0. The largest absolute Gasteiger partial charge is 0.573 e. The molecule has 3 aromatic carbocycles. The zero-order chi connectivity index (χ0) is 31.1. The second kappa shape index (κ2) is 14.6. The van der Waals surface area contributed by atoms with Gasteiger partial charge in [-0.05, 0) is 123 Å². The third-order valence-electron chi connectivity index (χ3n) is 9.19. The Bertz CT molecular complexity index is 1380. The van der Waals surface area contributed by atoms with Crippen LogP contribution < -0.4 is 20.9 Å². The Morgan fingerprint density at radius 1 is 0.750 bits per heavy atom. The van der Waals surface area contributed by atoms with E-state index in [1.807, 2.05) is 0 Å². The lowest BCUT2D eigenvalue weighted by molar-refractivity contribution is -0.274. The van der Waals surface area contributed by atoms with E-state index in [0.29, 0.717) is 52.4 Å². The van der Waals surface area contributed by atoms with Crippen LogP contribution >= 0.6 is 11.6 Å². The standard InChI is InChI=1S/C36H42ClF3N2O2/c37-35-33(42)22-31(41)23-34(35)43-21-1-2-24-5-11-27(12-6-24)28-13-7-25(8-14-28)3-4-26-9-15-29(16-10-26)30-17-19-32(20-18-30)44-36(38,39)40/h3-6,11-12,17-20,22-23,25-26,28-29H,1-2,7-10,13-16,21,41-42H2. The zero-order valence-corrected chi connectivity index (χ0v) is 25.8. The van der Waals surface area contributed by atoms with Crippen LogP contribution in [0.3, 0.4) is 0 Å². The fourth-order valence-corrected chi connectivity index (χ4v) is 6.87. The first-order chi connectivity index (χ1) is 21.1. The van der Waals surface area contributed by atoms with Crippen LogP contribution in [0, 0.1) is 11.8 Å². The Hall–Kier alpha value is -3.32. The molecule has 2 fully saturated rings. The highest BCUT2D eigenvalue weighted by molar-refractivity contribution is 6.34. The van der Waals surface area contributed by atoms with Crippen molar-refractivity contribution in [2.24, 2.45) is 11.8 Å². The number of nitrogens with two attached hydrogens (primary N) is 2. The number of nitrogen functional groups attached to an aromatic ring is 2. The summed E-state index contributed by atoms with van der Waals surface area (Å²) in [5.41, 5.74) is 16.5. The fraction of sp³-hybridized carbons (Fsp3) is 0.444. The number of hydrogen-bond donors (Lipinski definition) is 2. The summed E-state index contributed by atoms with van der Waals surface area (Å²) < 4.78 is 47.1. The molecule has 0 radical (unpaired) electrons. The van der Waals surface area contributed by atoms with Crippen LogP contribution in [0.2, 0.25) is 5.02 Å². The molecule has 0 aliphatic heterocycles. The number of hydrogen-bond acceptors (Lipinski definition) is 4. The number of rotatable bonds is 10. The van der Waals surface area contributed by atoms with Crippen LogP contribution in [0.25, 0.3) is 0 Å². The van der Waals surface area contributed by atoms with Gasteiger partial charge in [0, 0.05) is 11.8 Å². The number of allylic oxidation sites excluding steroid dienone is 2. The van der Waals surface area contributed by atoms with Crippen molar-refractivity contribution in [3.63, 3.8) is 0 Å². The lowest BCUT2D eigenvalue weighted by Crippen LogP contribution is -2.17. The maximum absolute atomic E-state index is 12.4. The molecule has 236 valence electrons. The van der Waals surface area contributed by atoms with Gasteiger partial charge in [-0.15, -0.1) is 13.2 Å². The van der Waals surface area contributed by atoms with E-state index in [0.717, 1.165) is 44.1 Å². The Morgan fingerprint density at radius 3 is 1.80 bits per heavy atom. The van der Waals surface area contributed by atoms with Gasteiger partial charge in [0.05, 0.1) is 12.3 Å². The molecule has 0 spiro atoms. The van der Waals surface area contributed by atoms with E-state index in [9.17, 15) is 13.2 Å². The van der Waals surface area contributed by atoms with Gasteiger partial charge in [-0.2, -0.15) is 0 Å². The van der Waals surface area contributed by atoms with E-state index < -0.39 is 6.36 Å². The topological polar surface area (TPSA) is 70.5 Å². The quantitative estimate of drug-likeness (QED) is 0.133. The molecule has 0 atom stereocenters. The van der Waals surface area contributed by atoms with E-state index in [1.54, 1.807) is 24.3 Å². The highest BCUT2D eigenvalue weighted by Crippen LogP contribution is 2.40. The van der Waals surface area contributed by atoms with Crippen LogP contribution in [0.1, 0.15) is 86.3 Å². The number of aryl methyl sites for hydroxylation is 1. The first-order valence-corrected chi connectivity index (χ1v) is 16.1. The van der Waals surface area contributed by atoms with Gasteiger partial charge in [0.15, 0.2) is 0 Å². The van der Waals surface area contributed by atoms with Crippen LogP contribution in [0.15, 0.2) is 72.8 Å². The molecule has 4 N–H and O–H groups in total. The van der Waals surface area contributed by atoms with Crippen LogP contribution in [0.5, 0.6) is 11.5 Å². The SMILES string of the molecule is Nc1cc(N)c(Cl)c(OCCCc2ccc(C3CCC(C=CC4CCC(c5ccc(OC(F)(F)F)cc5)CC4)CC3)cc2)c1. The van der Waals surface area contributed by atoms with E-state index in [4.69, 9.17) is 27.8 Å². The Kier molecular flexibility index (Phi) is 10.7. The van der Waals surface area contributed by atoms with Crippen molar-refractivity contribution >= 4 is 23.0 Å². The van der Waals surface area contributed by atoms with E-state index in [-0.39, 0.29) is 5.75 Å². The maximum Gasteiger partial charge on any atom is 0.573 e. The Morgan fingerprint density at radius 2 is 1.27 bits per heavy atom. The molecule has 5 rings (SSSR count). The van der Waals surface area contributed by atoms with Crippen molar-refractivity contribution in [1.29, 1.82) is 0 Å². The molecule has 2 aliphatic rings. The lowest BCUT2D eigenvalue weighted by Gasteiger charge is -2.29. The van der Waals surface area contributed by atoms with Gasteiger partial charge in [-0.25, -0.2) is 0 Å². The highest BCUT2D eigenvalue weighted by Gasteiger charge is 2.31. The van der Waals surface area contributed by atoms with Gasteiger partial charge in [-0.3, -0.25) is 0 Å². The predicted molar refractivity (Wildman–Crippen MR) is 172 cm³/mol. The lowest BCUT2D eigenvalue weighted by atomic mass is 9.76. The van der Waals surface area contributed by atoms with Crippen LogP contribution in [0.4, 0.5) is 24.5 Å². The second-order valence-electron chi connectivity index (χ2n) is 12.3. The molecule has 4 nitrogen and oxygen atoms in total. The average molecular weight is 627 g/mol. The molecule has 2 saturated carbocycles. The van der Waals surface area contributed by atoms with Gasteiger partial charge >= 0.3 is 6.36 Å². The van der Waals surface area contributed by atoms with Gasteiger partial charge in [0.25, 0.3) is 0 Å². The molecule has 2 aliphatic carbocycles. The molecule has 0 heterocycles. The third-order valence-corrected chi connectivity index (χ3v) is 9.60. The van der Waals surface area contributed by atoms with Crippen molar-refractivity contribution < 1.29 is 22.6 Å². The molecule has 3 aromatic rings. The average Bonchev–Trinajstić information content (AvgIpc) is 3.01. The minimum atomic E-state index is -4.65. The Balaban J connectivity index is 0.996. The van der Waals surface area contributed by atoms with E-state index in [1.165, 1.54) is 48.9 Å². The van der Waals surface area contributed by atoms with Gasteiger partial charge in [0.1, 0.15) is 16.5 Å². The number of ether oxygens (including phenoxy) is 2. The Labute approximate surface area is 263 Å². The molecule has 0 saturated heterocycles. The number of alkyl halides is 3. The molecule has 0 unspecified atom stereocenters. The van der Waals surface area contributed by atoms with E-state index >= 15 is 0 Å². The summed E-state index contributed by atoms with van der Waals surface area (Å²) in [4.78, 5) is 0. The summed E-state index contributed by atoms with van der Waals surface area (Å²) in [6, 6.07) is 18.8. The third kappa shape index (κ3) is 9.10. The molecule has 8 heteroatoms. The van der Waals surface area contributed by atoms with Crippen molar-refractivity contribution in [3.05, 3.63) is 94.5 Å². The van der Waals surface area contributed by atoms with Crippen molar-refractivity contribution in [3.8, 4) is 11.5 Å². The predicted octanol–water partition coefficient (Wildman–Crippen LogP) is 10.2. The smallest absolute Gasteiger partial charge is 0.492 e. The summed E-state index contributed by atoms with van der Waals surface area (Å²) in [5.74, 6) is 2.64. The minimum Gasteiger partial charge on any atom is -0.492 e. The van der Waals surface area contributed by atoms with Crippen LogP contribution in [-0.4, -0.2) is 13.0 Å². The van der Waals surface area contributed by atoms with Crippen LogP contribution in [-0.2, 0) is 6.42 Å². The first-order valence-electron chi connectivity index (χ1n) is 15.7. The molecule has 0 aromatic heterocycles. The number of benzene rings is 3. The van der Waals surface area contributed by atoms with E-state index in [2.05, 4.69) is 41.2 Å². The molecular weight excluding hydrogens is 585 g/mol. The normalized spacial score (nSPS) is 22.6. The van der Waals surface area contributed by atoms with Crippen molar-refractivity contribution in [2.75, 3.05) is 18.1 Å². The first kappa shape index (κ1) is 32.1. The molecule has 0 amide bonds. The fourth-order valence-electron chi connectivity index (χ4n) is 6.71. The monoisotopic (exact) mass is 626 g/mol. The summed E-state index contributed by atoms with van der Waals surface area (Å²) in [6.07, 6.45) is 11.3. The summed E-state index contributed by atoms with van der Waals surface area (Å²) >= 11 is 6.22. The van der Waals surface area contributed by atoms with Crippen molar-refractivity contribution in [1.82, 2.24) is 0 Å². The maximum atomic E-state index is 12.4. The highest BCUT2D eigenvalue weighted by atomic mass is 35.5. The van der Waals surface area contributed by atoms with Gasteiger partial charge in [0.2, 0.25) is 0 Å². The minimum absolute atomic E-state index is 0.157. The summed E-state index contributed by atoms with van der Waals surface area (Å²) in [6.45, 7) is 0.543. The molecule has 44 heavy (non-hydrogen) atoms. The number of anilines is 2. The van der Waals surface area contributed by atoms with Gasteiger partial charge in [-0.1, -0.05) is 60.2 Å². The number of halogens is 4. The second-order valence-corrected chi connectivity index (χ2v) is 12.7. The molecule has 0 bridgehead atoms.